The molecule has 34 heavy (non-hydrogen) atoms. The third kappa shape index (κ3) is 4.15. The van der Waals surface area contributed by atoms with E-state index in [0.29, 0.717) is 22.7 Å². The van der Waals surface area contributed by atoms with Crippen LogP contribution in [0.15, 0.2) is 35.1 Å². The number of nitrogens with one attached hydrogen (secondary N) is 1. The summed E-state index contributed by atoms with van der Waals surface area (Å²) >= 11 is 0. The monoisotopic (exact) mass is 474 g/mol. The van der Waals surface area contributed by atoms with Gasteiger partial charge in [-0.15, -0.1) is 0 Å². The number of amides is 1. The molecule has 0 bridgehead atoms. The summed E-state index contributed by atoms with van der Waals surface area (Å²) in [5, 5.41) is 2.73. The molecule has 3 aromatic rings. The smallest absolute Gasteiger partial charge is 0.393 e. The van der Waals surface area contributed by atoms with Gasteiger partial charge in [0.2, 0.25) is 5.88 Å². The van der Waals surface area contributed by atoms with E-state index >= 15 is 0 Å². The van der Waals surface area contributed by atoms with Gasteiger partial charge in [-0.05, 0) is 42.9 Å². The minimum absolute atomic E-state index is 0.0756. The number of fused-ring (bicyclic) bond motifs is 1. The van der Waals surface area contributed by atoms with E-state index in [0.717, 1.165) is 18.4 Å². The molecule has 2 aliphatic rings. The molecule has 1 saturated heterocycles. The highest BCUT2D eigenvalue weighted by molar-refractivity contribution is 6.15. The third-order valence-electron chi connectivity index (χ3n) is 6.71. The molecule has 1 aliphatic heterocycles. The molecule has 2 atom stereocenters. The van der Waals surface area contributed by atoms with Crippen molar-refractivity contribution in [1.82, 2.24) is 9.97 Å². The van der Waals surface area contributed by atoms with Crippen LogP contribution in [0.4, 0.5) is 30.4 Å². The van der Waals surface area contributed by atoms with Crippen molar-refractivity contribution in [3.63, 3.8) is 0 Å². The van der Waals surface area contributed by atoms with Gasteiger partial charge in [0.1, 0.15) is 11.1 Å². The van der Waals surface area contributed by atoms with Crippen LogP contribution in [-0.2, 0) is 0 Å². The number of halogens is 3. The van der Waals surface area contributed by atoms with E-state index in [9.17, 15) is 18.0 Å². The van der Waals surface area contributed by atoms with Crippen LogP contribution >= 0.6 is 0 Å². The normalized spacial score (nSPS) is 21.5. The molecule has 0 aromatic carbocycles. The van der Waals surface area contributed by atoms with Gasteiger partial charge in [-0.1, -0.05) is 6.42 Å². The third-order valence-corrected chi connectivity index (χ3v) is 6.71. The summed E-state index contributed by atoms with van der Waals surface area (Å²) in [6.45, 7) is -0.0336. The molecule has 0 radical (unpaired) electrons. The van der Waals surface area contributed by atoms with Crippen LogP contribution in [0.5, 0.6) is 0 Å². The van der Waals surface area contributed by atoms with Crippen molar-refractivity contribution in [2.75, 3.05) is 29.0 Å². The Morgan fingerprint density at radius 3 is 2.74 bits per heavy atom. The van der Waals surface area contributed by atoms with Crippen LogP contribution in [0.25, 0.3) is 11.1 Å². The molecule has 8 nitrogen and oxygen atoms in total. The van der Waals surface area contributed by atoms with E-state index in [1.807, 2.05) is 6.07 Å². The highest BCUT2D eigenvalue weighted by Gasteiger charge is 2.44. The lowest BCUT2D eigenvalue weighted by Gasteiger charge is -2.39. The van der Waals surface area contributed by atoms with Crippen LogP contribution in [0.2, 0.25) is 0 Å². The molecule has 180 valence electrons. The van der Waals surface area contributed by atoms with Gasteiger partial charge in [-0.25, -0.2) is 0 Å². The second-order valence-electron chi connectivity index (χ2n) is 9.07. The Morgan fingerprint density at radius 1 is 1.24 bits per heavy atom. The van der Waals surface area contributed by atoms with Crippen LogP contribution in [0.1, 0.15) is 47.5 Å². The maximum absolute atomic E-state index is 13.4. The Kier molecular flexibility index (Phi) is 5.59. The van der Waals surface area contributed by atoms with Gasteiger partial charge < -0.3 is 26.1 Å². The van der Waals surface area contributed by atoms with E-state index in [1.54, 1.807) is 12.3 Å². The highest BCUT2D eigenvalue weighted by atomic mass is 19.4. The number of carbonyl (C=O) groups excluding carboxylic acids is 1. The van der Waals surface area contributed by atoms with Gasteiger partial charge in [0.25, 0.3) is 5.91 Å². The number of anilines is 3. The molecule has 2 fully saturated rings. The van der Waals surface area contributed by atoms with Crippen molar-refractivity contribution in [1.29, 1.82) is 0 Å². The van der Waals surface area contributed by atoms with Crippen LogP contribution < -0.4 is 21.7 Å². The minimum Gasteiger partial charge on any atom is -0.438 e. The quantitative estimate of drug-likeness (QED) is 0.521. The Labute approximate surface area is 193 Å². The largest absolute Gasteiger partial charge is 0.438 e. The van der Waals surface area contributed by atoms with Gasteiger partial charge >= 0.3 is 6.18 Å². The first-order valence-corrected chi connectivity index (χ1v) is 11.2. The van der Waals surface area contributed by atoms with E-state index < -0.39 is 24.0 Å². The van der Waals surface area contributed by atoms with Crippen molar-refractivity contribution in [2.24, 2.45) is 11.7 Å². The number of pyridine rings is 2. The predicted molar refractivity (Wildman–Crippen MR) is 122 cm³/mol. The second kappa shape index (κ2) is 8.46. The molecular weight excluding hydrogens is 449 g/mol. The second-order valence-corrected chi connectivity index (χ2v) is 9.07. The fourth-order valence-corrected chi connectivity index (χ4v) is 4.71. The van der Waals surface area contributed by atoms with Crippen molar-refractivity contribution >= 4 is 34.3 Å². The molecule has 2 unspecified atom stereocenters. The lowest BCUT2D eigenvalue weighted by molar-refractivity contribution is -0.177. The van der Waals surface area contributed by atoms with Crippen molar-refractivity contribution in [2.45, 2.75) is 43.8 Å². The Hall–Kier alpha value is -3.34. The molecule has 1 amide bonds. The van der Waals surface area contributed by atoms with Crippen LogP contribution in [0.3, 0.4) is 0 Å². The fourth-order valence-electron chi connectivity index (χ4n) is 4.71. The van der Waals surface area contributed by atoms with Crippen LogP contribution in [-0.4, -0.2) is 41.2 Å². The summed E-state index contributed by atoms with van der Waals surface area (Å²) < 4.78 is 45.8. The van der Waals surface area contributed by atoms with Gasteiger partial charge in [0, 0.05) is 31.5 Å². The molecule has 0 spiro atoms. The molecule has 11 heteroatoms. The molecule has 1 aliphatic carbocycles. The van der Waals surface area contributed by atoms with Gasteiger partial charge in [-0.3, -0.25) is 14.8 Å². The maximum atomic E-state index is 13.4. The van der Waals surface area contributed by atoms with Crippen molar-refractivity contribution in [3.05, 3.63) is 41.9 Å². The molecule has 3 aromatic heterocycles. The first kappa shape index (κ1) is 22.5. The number of piperidine rings is 1. The molecule has 1 saturated carbocycles. The number of furan rings is 1. The van der Waals surface area contributed by atoms with E-state index in [-0.39, 0.29) is 36.6 Å². The number of aromatic nitrogens is 2. The van der Waals surface area contributed by atoms with E-state index in [2.05, 4.69) is 15.3 Å². The Morgan fingerprint density at radius 2 is 2.03 bits per heavy atom. The number of carbonyl (C=O) groups is 1. The number of rotatable bonds is 4. The highest BCUT2D eigenvalue weighted by Crippen LogP contribution is 2.39. The number of alkyl halides is 3. The maximum Gasteiger partial charge on any atom is 0.393 e. The molecular formula is C23H25F3N6O2. The number of hydrogen-bond acceptors (Lipinski definition) is 7. The van der Waals surface area contributed by atoms with Gasteiger partial charge in [0.05, 0.1) is 23.5 Å². The summed E-state index contributed by atoms with van der Waals surface area (Å²) in [5.74, 6) is -1.78. The van der Waals surface area contributed by atoms with Gasteiger partial charge in [0.15, 0.2) is 5.58 Å². The van der Waals surface area contributed by atoms with Crippen LogP contribution in [0, 0.1) is 5.92 Å². The minimum atomic E-state index is -4.36. The molecule has 5 rings (SSSR count). The zero-order valence-electron chi connectivity index (χ0n) is 18.3. The predicted octanol–water partition coefficient (Wildman–Crippen LogP) is 4.04. The summed E-state index contributed by atoms with van der Waals surface area (Å²) in [6.07, 6.45) is 3.44. The fraction of sp³-hybridized carbons (Fsp3) is 0.435. The summed E-state index contributed by atoms with van der Waals surface area (Å²) in [6, 6.07) is 2.77. The number of nitrogens with two attached hydrogens (primary N) is 2. The number of nitrogen functional groups attached to an aromatic ring is 1. The first-order chi connectivity index (χ1) is 16.2. The molecule has 4 heterocycles. The van der Waals surface area contributed by atoms with Crippen molar-refractivity contribution in [3.8, 4) is 0 Å². The topological polar surface area (TPSA) is 123 Å². The zero-order chi connectivity index (χ0) is 24.0. The Bertz CT molecular complexity index is 1220. The Balaban J connectivity index is 1.42. The standard InChI is InChI=1S/C23H25F3N6O2/c24-23(25,26)14-7-15(27)11-32(10-14)17-4-5-29-9-16(17)31-22(33)19-20-18(34-21(19)28)6-13(8-30-20)12-2-1-3-12/h4-6,8-9,12,14-15H,1-3,7,10-11,27-28H2,(H,31,33). The van der Waals surface area contributed by atoms with E-state index in [1.165, 1.54) is 23.7 Å². The van der Waals surface area contributed by atoms with E-state index in [4.69, 9.17) is 15.9 Å². The zero-order valence-corrected chi connectivity index (χ0v) is 18.3. The average molecular weight is 474 g/mol. The first-order valence-electron chi connectivity index (χ1n) is 11.2. The number of nitrogens with zero attached hydrogens (tertiary/aromatic N) is 3. The summed E-state index contributed by atoms with van der Waals surface area (Å²) in [4.78, 5) is 23.2. The average Bonchev–Trinajstić information content (AvgIpc) is 3.07. The number of hydrogen-bond donors (Lipinski definition) is 3. The van der Waals surface area contributed by atoms with Crippen molar-refractivity contribution < 1.29 is 22.4 Å². The lowest BCUT2D eigenvalue weighted by Crippen LogP contribution is -2.51. The summed E-state index contributed by atoms with van der Waals surface area (Å²) in [7, 11) is 0. The lowest BCUT2D eigenvalue weighted by atomic mass is 9.81. The SMILES string of the molecule is Nc1oc2cc(C3CCC3)cnc2c1C(=O)Nc1cnccc1N1CC(N)CC(C(F)(F)F)C1. The molecule has 5 N–H and O–H groups in total. The summed E-state index contributed by atoms with van der Waals surface area (Å²) in [5.41, 5.74) is 14.5. The van der Waals surface area contributed by atoms with Gasteiger partial charge in [-0.2, -0.15) is 13.2 Å².